The summed E-state index contributed by atoms with van der Waals surface area (Å²) in [5, 5.41) is 10.9. The SMILES string of the molecule is CCN(CCCN(C)Cc1ccc2[nH]c(C#N)cc2c1C)c1ncnc2ccc(CC(F)(F)F)cc12. The number of aromatic amines is 1. The maximum Gasteiger partial charge on any atom is 0.393 e. The van der Waals surface area contributed by atoms with Gasteiger partial charge < -0.3 is 14.8 Å². The average Bonchev–Trinajstić information content (AvgIpc) is 3.27. The van der Waals surface area contributed by atoms with Gasteiger partial charge in [0.1, 0.15) is 23.9 Å². The molecule has 2 heterocycles. The molecule has 2 aromatic carbocycles. The van der Waals surface area contributed by atoms with Crippen LogP contribution in [-0.4, -0.2) is 52.7 Å². The van der Waals surface area contributed by atoms with Crippen LogP contribution in [-0.2, 0) is 13.0 Å². The fourth-order valence-electron chi connectivity index (χ4n) is 4.62. The predicted octanol–water partition coefficient (Wildman–Crippen LogP) is 5.74. The Morgan fingerprint density at radius 3 is 2.58 bits per heavy atom. The lowest BCUT2D eigenvalue weighted by Gasteiger charge is -2.25. The third-order valence-electron chi connectivity index (χ3n) is 6.48. The summed E-state index contributed by atoms with van der Waals surface area (Å²) in [7, 11) is 2.07. The third-order valence-corrected chi connectivity index (χ3v) is 6.48. The number of hydrogen-bond donors (Lipinski definition) is 1. The van der Waals surface area contributed by atoms with Gasteiger partial charge in [0.15, 0.2) is 0 Å². The van der Waals surface area contributed by atoms with Crippen molar-refractivity contribution in [2.45, 2.75) is 39.4 Å². The molecular weight excluding hydrogens is 465 g/mol. The van der Waals surface area contributed by atoms with Gasteiger partial charge >= 0.3 is 6.18 Å². The molecule has 0 radical (unpaired) electrons. The molecule has 0 fully saturated rings. The van der Waals surface area contributed by atoms with Crippen LogP contribution in [0.5, 0.6) is 0 Å². The van der Waals surface area contributed by atoms with Crippen molar-refractivity contribution in [1.82, 2.24) is 19.9 Å². The molecule has 6 nitrogen and oxygen atoms in total. The Balaban J connectivity index is 1.43. The van der Waals surface area contributed by atoms with E-state index < -0.39 is 12.6 Å². The molecule has 0 saturated heterocycles. The summed E-state index contributed by atoms with van der Waals surface area (Å²) in [6.45, 7) is 7.11. The summed E-state index contributed by atoms with van der Waals surface area (Å²) in [5.74, 6) is 0.663. The van der Waals surface area contributed by atoms with Crippen LogP contribution in [0.25, 0.3) is 21.8 Å². The van der Waals surface area contributed by atoms with Gasteiger partial charge in [-0.15, -0.1) is 0 Å². The first kappa shape index (κ1) is 25.5. The first-order chi connectivity index (χ1) is 17.2. The number of benzene rings is 2. The number of halogens is 3. The molecule has 0 atom stereocenters. The van der Waals surface area contributed by atoms with Crippen molar-refractivity contribution >= 4 is 27.6 Å². The van der Waals surface area contributed by atoms with Crippen LogP contribution in [0, 0.1) is 18.3 Å². The summed E-state index contributed by atoms with van der Waals surface area (Å²) < 4.78 is 38.8. The zero-order chi connectivity index (χ0) is 25.9. The average molecular weight is 495 g/mol. The highest BCUT2D eigenvalue weighted by molar-refractivity contribution is 5.90. The molecule has 0 amide bonds. The van der Waals surface area contributed by atoms with Crippen LogP contribution in [0.3, 0.4) is 0 Å². The Bertz CT molecular complexity index is 1400. The second kappa shape index (κ2) is 10.5. The highest BCUT2D eigenvalue weighted by Crippen LogP contribution is 2.28. The summed E-state index contributed by atoms with van der Waals surface area (Å²) in [6, 6.07) is 12.8. The molecule has 1 N–H and O–H groups in total. The van der Waals surface area contributed by atoms with Gasteiger partial charge in [-0.1, -0.05) is 12.1 Å². The van der Waals surface area contributed by atoms with E-state index in [2.05, 4.69) is 50.9 Å². The van der Waals surface area contributed by atoms with Crippen molar-refractivity contribution in [3.63, 3.8) is 0 Å². The van der Waals surface area contributed by atoms with Gasteiger partial charge in [0.2, 0.25) is 0 Å². The number of alkyl halides is 3. The van der Waals surface area contributed by atoms with Crippen LogP contribution in [0.15, 0.2) is 42.7 Å². The van der Waals surface area contributed by atoms with E-state index in [1.165, 1.54) is 18.0 Å². The number of nitrogens with zero attached hydrogens (tertiary/aromatic N) is 5. The minimum Gasteiger partial charge on any atom is -0.356 e. The normalized spacial score (nSPS) is 11.9. The van der Waals surface area contributed by atoms with E-state index in [0.717, 1.165) is 42.5 Å². The number of rotatable bonds is 9. The lowest BCUT2D eigenvalue weighted by Crippen LogP contribution is -2.29. The van der Waals surface area contributed by atoms with Crippen molar-refractivity contribution in [2.75, 3.05) is 31.6 Å². The molecular formula is C27H29F3N6. The van der Waals surface area contributed by atoms with Gasteiger partial charge in [-0.2, -0.15) is 18.4 Å². The molecule has 4 aromatic rings. The summed E-state index contributed by atoms with van der Waals surface area (Å²) in [5.41, 5.74) is 4.73. The highest BCUT2D eigenvalue weighted by atomic mass is 19.4. The molecule has 188 valence electrons. The van der Waals surface area contributed by atoms with Crippen LogP contribution in [0.4, 0.5) is 19.0 Å². The number of H-pyrrole nitrogens is 1. The maximum atomic E-state index is 12.9. The van der Waals surface area contributed by atoms with Crippen LogP contribution in [0.1, 0.15) is 35.7 Å². The molecule has 2 aromatic heterocycles. The van der Waals surface area contributed by atoms with Crippen molar-refractivity contribution in [3.8, 4) is 6.07 Å². The summed E-state index contributed by atoms with van der Waals surface area (Å²) in [4.78, 5) is 16.1. The molecule has 0 unspecified atom stereocenters. The van der Waals surface area contributed by atoms with E-state index in [0.29, 0.717) is 29.0 Å². The van der Waals surface area contributed by atoms with E-state index in [-0.39, 0.29) is 5.56 Å². The minimum atomic E-state index is -4.26. The molecule has 0 bridgehead atoms. The molecule has 0 aliphatic carbocycles. The summed E-state index contributed by atoms with van der Waals surface area (Å²) >= 11 is 0. The number of aryl methyl sites for hydroxylation is 1. The van der Waals surface area contributed by atoms with E-state index in [9.17, 15) is 13.2 Å². The summed E-state index contributed by atoms with van der Waals surface area (Å²) in [6.07, 6.45) is -2.91. The maximum absolute atomic E-state index is 12.9. The van der Waals surface area contributed by atoms with Gasteiger partial charge in [0.25, 0.3) is 0 Å². The highest BCUT2D eigenvalue weighted by Gasteiger charge is 2.28. The second-order valence-electron chi connectivity index (χ2n) is 9.12. The first-order valence-electron chi connectivity index (χ1n) is 11.9. The van der Waals surface area contributed by atoms with Gasteiger partial charge in [-0.25, -0.2) is 9.97 Å². The van der Waals surface area contributed by atoms with E-state index in [1.807, 2.05) is 19.1 Å². The molecule has 0 spiro atoms. The first-order valence-corrected chi connectivity index (χ1v) is 11.9. The van der Waals surface area contributed by atoms with Gasteiger partial charge in [0, 0.05) is 35.9 Å². The number of aromatic nitrogens is 3. The molecule has 36 heavy (non-hydrogen) atoms. The second-order valence-corrected chi connectivity index (χ2v) is 9.12. The molecule has 0 saturated carbocycles. The number of fused-ring (bicyclic) bond motifs is 2. The zero-order valence-electron chi connectivity index (χ0n) is 20.7. The smallest absolute Gasteiger partial charge is 0.356 e. The zero-order valence-corrected chi connectivity index (χ0v) is 20.7. The number of nitrogens with one attached hydrogen (secondary N) is 1. The van der Waals surface area contributed by atoms with Crippen LogP contribution < -0.4 is 4.90 Å². The lowest BCUT2D eigenvalue weighted by atomic mass is 10.0. The van der Waals surface area contributed by atoms with E-state index >= 15 is 0 Å². The van der Waals surface area contributed by atoms with E-state index in [4.69, 9.17) is 5.26 Å². The fourth-order valence-corrected chi connectivity index (χ4v) is 4.62. The molecule has 0 aliphatic rings. The Morgan fingerprint density at radius 2 is 1.86 bits per heavy atom. The van der Waals surface area contributed by atoms with Gasteiger partial charge in [-0.05, 0) is 74.8 Å². The Morgan fingerprint density at radius 1 is 1.06 bits per heavy atom. The quantitative estimate of drug-likeness (QED) is 0.321. The number of anilines is 1. The molecule has 9 heteroatoms. The lowest BCUT2D eigenvalue weighted by molar-refractivity contribution is -0.127. The third kappa shape index (κ3) is 5.77. The molecule has 4 rings (SSSR count). The number of nitriles is 1. The topological polar surface area (TPSA) is 71.8 Å². The van der Waals surface area contributed by atoms with Crippen LogP contribution in [0.2, 0.25) is 0 Å². The number of hydrogen-bond acceptors (Lipinski definition) is 5. The fraction of sp³-hybridized carbons (Fsp3) is 0.370. The van der Waals surface area contributed by atoms with Crippen molar-refractivity contribution in [2.24, 2.45) is 0 Å². The van der Waals surface area contributed by atoms with Gasteiger partial charge in [-0.3, -0.25) is 0 Å². The monoisotopic (exact) mass is 494 g/mol. The molecule has 0 aliphatic heterocycles. The van der Waals surface area contributed by atoms with Crippen molar-refractivity contribution in [3.05, 3.63) is 65.1 Å². The Kier molecular flexibility index (Phi) is 7.45. The van der Waals surface area contributed by atoms with Gasteiger partial charge in [0.05, 0.1) is 11.9 Å². The Labute approximate surface area is 208 Å². The van der Waals surface area contributed by atoms with Crippen molar-refractivity contribution < 1.29 is 13.2 Å². The van der Waals surface area contributed by atoms with Crippen LogP contribution >= 0.6 is 0 Å². The predicted molar refractivity (Wildman–Crippen MR) is 136 cm³/mol. The largest absolute Gasteiger partial charge is 0.393 e. The standard InChI is InChI=1S/C27H29F3N6/c1-4-36(26-23-12-19(14-27(28,29)30)6-8-24(23)32-17-33-26)11-5-10-35(3)16-20-7-9-25-22(18(20)2)13-21(15-31)34-25/h6-9,12-13,17,34H,4-5,10-11,14,16H2,1-3H3. The van der Waals surface area contributed by atoms with Crippen molar-refractivity contribution in [1.29, 1.82) is 5.26 Å². The Hall–Kier alpha value is -3.64. The minimum absolute atomic E-state index is 0.207. The van der Waals surface area contributed by atoms with E-state index in [1.54, 1.807) is 12.1 Å².